The fourth-order valence-electron chi connectivity index (χ4n) is 1.62. The predicted octanol–water partition coefficient (Wildman–Crippen LogP) is 2.02. The molecule has 5 nitrogen and oxygen atoms in total. The van der Waals surface area contributed by atoms with Crippen LogP contribution in [0.1, 0.15) is 5.56 Å². The first-order valence-corrected chi connectivity index (χ1v) is 6.31. The maximum atomic E-state index is 11.1. The van der Waals surface area contributed by atoms with Crippen LogP contribution in [0.5, 0.6) is 0 Å². The van der Waals surface area contributed by atoms with E-state index in [0.717, 1.165) is 5.56 Å². The monoisotopic (exact) mass is 299 g/mol. The van der Waals surface area contributed by atoms with Gasteiger partial charge < -0.3 is 5.32 Å². The third-order valence-corrected chi connectivity index (χ3v) is 3.07. The Balaban J connectivity index is 2.00. The Morgan fingerprint density at radius 1 is 1.11 bits per heavy atom. The number of H-pyrrole nitrogens is 2. The average molecular weight is 300 g/mol. The minimum absolute atomic E-state index is 0.374. The summed E-state index contributed by atoms with van der Waals surface area (Å²) in [7, 11) is 0. The molecule has 100 valence electrons. The molecule has 0 amide bonds. The van der Waals surface area contributed by atoms with Gasteiger partial charge in [-0.05, 0) is 24.1 Å². The van der Waals surface area contributed by atoms with Crippen molar-refractivity contribution in [1.82, 2.24) is 9.97 Å². The molecular formula is C12H11Cl2N3O2. The zero-order valence-corrected chi connectivity index (χ0v) is 11.3. The summed E-state index contributed by atoms with van der Waals surface area (Å²) in [6, 6.07) is 6.56. The number of hydrogen-bond acceptors (Lipinski definition) is 3. The maximum Gasteiger partial charge on any atom is 0.327 e. The summed E-state index contributed by atoms with van der Waals surface area (Å²) in [6.07, 6.45) is 0.644. The number of halogens is 2. The second kappa shape index (κ2) is 5.95. The number of hydrogen-bond donors (Lipinski definition) is 3. The number of aromatic amines is 2. The van der Waals surface area contributed by atoms with Gasteiger partial charge in [0.05, 0.1) is 0 Å². The quantitative estimate of drug-likeness (QED) is 0.808. The number of anilines is 1. The van der Waals surface area contributed by atoms with Gasteiger partial charge in [0, 0.05) is 22.7 Å². The van der Waals surface area contributed by atoms with Crippen LogP contribution in [0.25, 0.3) is 0 Å². The van der Waals surface area contributed by atoms with Crippen molar-refractivity contribution in [1.29, 1.82) is 0 Å². The minimum Gasteiger partial charge on any atom is -0.371 e. The zero-order valence-electron chi connectivity index (χ0n) is 9.80. The van der Waals surface area contributed by atoms with Crippen molar-refractivity contribution >= 4 is 29.0 Å². The molecule has 0 unspecified atom stereocenters. The number of nitrogens with one attached hydrogen (secondary N) is 3. The van der Waals surface area contributed by atoms with Crippen LogP contribution in [0.2, 0.25) is 10.0 Å². The van der Waals surface area contributed by atoms with Crippen molar-refractivity contribution in [3.63, 3.8) is 0 Å². The first kappa shape index (κ1) is 13.7. The molecule has 3 N–H and O–H groups in total. The Morgan fingerprint density at radius 3 is 2.58 bits per heavy atom. The molecule has 0 radical (unpaired) electrons. The fraction of sp³-hybridized carbons (Fsp3) is 0.167. The lowest BCUT2D eigenvalue weighted by Crippen LogP contribution is -2.23. The molecular weight excluding hydrogens is 289 g/mol. The summed E-state index contributed by atoms with van der Waals surface area (Å²) in [5, 5.41) is 4.12. The van der Waals surface area contributed by atoms with Gasteiger partial charge in [-0.25, -0.2) is 4.79 Å². The van der Waals surface area contributed by atoms with Gasteiger partial charge in [-0.3, -0.25) is 14.8 Å². The molecule has 1 heterocycles. The highest BCUT2D eigenvalue weighted by molar-refractivity contribution is 6.35. The van der Waals surface area contributed by atoms with Gasteiger partial charge in [0.15, 0.2) is 0 Å². The summed E-state index contributed by atoms with van der Waals surface area (Å²) in [4.78, 5) is 26.7. The molecule has 1 aromatic heterocycles. The van der Waals surface area contributed by atoms with E-state index in [4.69, 9.17) is 23.2 Å². The van der Waals surface area contributed by atoms with E-state index in [-0.39, 0.29) is 0 Å². The van der Waals surface area contributed by atoms with Crippen LogP contribution in [0.15, 0.2) is 33.9 Å². The summed E-state index contributed by atoms with van der Waals surface area (Å²) < 4.78 is 0. The second-order valence-electron chi connectivity index (χ2n) is 3.91. The zero-order chi connectivity index (χ0) is 13.8. The van der Waals surface area contributed by atoms with Crippen LogP contribution < -0.4 is 16.6 Å². The van der Waals surface area contributed by atoms with Gasteiger partial charge in [-0.2, -0.15) is 0 Å². The molecule has 0 aliphatic rings. The van der Waals surface area contributed by atoms with Crippen LogP contribution in [-0.4, -0.2) is 16.5 Å². The molecule has 1 aromatic carbocycles. The van der Waals surface area contributed by atoms with E-state index < -0.39 is 11.2 Å². The van der Waals surface area contributed by atoms with Crippen LogP contribution in [0.4, 0.5) is 5.82 Å². The minimum atomic E-state index is -0.542. The highest BCUT2D eigenvalue weighted by atomic mass is 35.5. The Labute approximate surface area is 118 Å². The van der Waals surface area contributed by atoms with Crippen molar-refractivity contribution in [2.75, 3.05) is 11.9 Å². The average Bonchev–Trinajstić information content (AvgIpc) is 2.30. The summed E-state index contributed by atoms with van der Waals surface area (Å²) in [5.41, 5.74) is -0.0546. The first-order chi connectivity index (χ1) is 9.04. The standard InChI is InChI=1S/C12H11Cl2N3O2/c13-8-2-1-7(9(14)5-8)3-4-15-10-6-11(18)17-12(19)16-10/h1-2,5-6H,3-4H2,(H3,15,16,17,18,19). The normalized spacial score (nSPS) is 10.4. The van der Waals surface area contributed by atoms with E-state index in [1.807, 2.05) is 6.07 Å². The third kappa shape index (κ3) is 3.87. The van der Waals surface area contributed by atoms with Crippen molar-refractivity contribution in [3.05, 3.63) is 60.7 Å². The van der Waals surface area contributed by atoms with Crippen molar-refractivity contribution in [2.45, 2.75) is 6.42 Å². The largest absolute Gasteiger partial charge is 0.371 e. The lowest BCUT2D eigenvalue weighted by molar-refractivity contribution is 0.974. The topological polar surface area (TPSA) is 77.8 Å². The Kier molecular flexibility index (Phi) is 4.29. The lowest BCUT2D eigenvalue weighted by atomic mass is 10.1. The van der Waals surface area contributed by atoms with Crippen LogP contribution in [0.3, 0.4) is 0 Å². The van der Waals surface area contributed by atoms with Crippen molar-refractivity contribution in [3.8, 4) is 0 Å². The van der Waals surface area contributed by atoms with Crippen molar-refractivity contribution < 1.29 is 0 Å². The Hall–Kier alpha value is -1.72. The smallest absolute Gasteiger partial charge is 0.327 e. The Morgan fingerprint density at radius 2 is 1.89 bits per heavy atom. The molecule has 0 fully saturated rings. The van der Waals surface area contributed by atoms with E-state index in [2.05, 4.69) is 15.3 Å². The van der Waals surface area contributed by atoms with Gasteiger partial charge in [-0.15, -0.1) is 0 Å². The molecule has 19 heavy (non-hydrogen) atoms. The predicted molar refractivity (Wildman–Crippen MR) is 76.3 cm³/mol. The van der Waals surface area contributed by atoms with Crippen LogP contribution in [0, 0.1) is 0 Å². The van der Waals surface area contributed by atoms with E-state index in [9.17, 15) is 9.59 Å². The molecule has 7 heteroatoms. The number of aromatic nitrogens is 2. The van der Waals surface area contributed by atoms with E-state index in [1.165, 1.54) is 6.07 Å². The van der Waals surface area contributed by atoms with E-state index in [0.29, 0.717) is 28.8 Å². The molecule has 0 saturated carbocycles. The van der Waals surface area contributed by atoms with Crippen LogP contribution in [-0.2, 0) is 6.42 Å². The highest BCUT2D eigenvalue weighted by Crippen LogP contribution is 2.21. The maximum absolute atomic E-state index is 11.1. The number of benzene rings is 1. The first-order valence-electron chi connectivity index (χ1n) is 5.56. The van der Waals surface area contributed by atoms with E-state index >= 15 is 0 Å². The summed E-state index contributed by atoms with van der Waals surface area (Å²) in [5.74, 6) is 0.374. The van der Waals surface area contributed by atoms with Gasteiger partial charge in [0.1, 0.15) is 5.82 Å². The molecule has 0 aliphatic carbocycles. The van der Waals surface area contributed by atoms with Gasteiger partial charge in [-0.1, -0.05) is 29.3 Å². The van der Waals surface area contributed by atoms with E-state index in [1.54, 1.807) is 12.1 Å². The lowest BCUT2D eigenvalue weighted by Gasteiger charge is -2.07. The Bertz CT molecular complexity index is 666. The summed E-state index contributed by atoms with van der Waals surface area (Å²) >= 11 is 11.8. The molecule has 0 atom stereocenters. The molecule has 0 spiro atoms. The van der Waals surface area contributed by atoms with Gasteiger partial charge in [0.25, 0.3) is 5.56 Å². The molecule has 0 saturated heterocycles. The SMILES string of the molecule is O=c1cc(NCCc2ccc(Cl)cc2Cl)[nH]c(=O)[nH]1. The van der Waals surface area contributed by atoms with Crippen LogP contribution >= 0.6 is 23.2 Å². The van der Waals surface area contributed by atoms with Gasteiger partial charge >= 0.3 is 5.69 Å². The van der Waals surface area contributed by atoms with Gasteiger partial charge in [0.2, 0.25) is 0 Å². The van der Waals surface area contributed by atoms with Crippen molar-refractivity contribution in [2.24, 2.45) is 0 Å². The molecule has 2 rings (SSSR count). The second-order valence-corrected chi connectivity index (χ2v) is 4.76. The molecule has 0 aliphatic heterocycles. The highest BCUT2D eigenvalue weighted by Gasteiger charge is 2.02. The fourth-order valence-corrected chi connectivity index (χ4v) is 2.12. The third-order valence-electron chi connectivity index (χ3n) is 2.49. The molecule has 0 bridgehead atoms. The molecule has 2 aromatic rings. The summed E-state index contributed by atoms with van der Waals surface area (Å²) in [6.45, 7) is 0.529. The number of rotatable bonds is 4.